The van der Waals surface area contributed by atoms with E-state index in [9.17, 15) is 0 Å². The van der Waals surface area contributed by atoms with E-state index in [0.717, 1.165) is 39.3 Å². The predicted octanol–water partition coefficient (Wildman–Crippen LogP) is 1.28. The first kappa shape index (κ1) is 14.0. The van der Waals surface area contributed by atoms with Crippen molar-refractivity contribution in [1.82, 2.24) is 20.0 Å². The highest BCUT2D eigenvalue weighted by molar-refractivity contribution is 5.10. The van der Waals surface area contributed by atoms with Crippen molar-refractivity contribution in [3.8, 4) is 0 Å². The molecule has 0 amide bonds. The number of aryl methyl sites for hydroxylation is 1. The Morgan fingerprint density at radius 1 is 1.55 bits per heavy atom. The second-order valence-corrected chi connectivity index (χ2v) is 6.46. The van der Waals surface area contributed by atoms with E-state index in [1.807, 2.05) is 10.9 Å². The lowest BCUT2D eigenvalue weighted by molar-refractivity contribution is -0.0400. The Balaban J connectivity index is 1.61. The molecule has 0 spiro atoms. The molecule has 2 atom stereocenters. The molecule has 2 aliphatic rings. The summed E-state index contributed by atoms with van der Waals surface area (Å²) in [5.74, 6) is 0. The fourth-order valence-corrected chi connectivity index (χ4v) is 3.31. The van der Waals surface area contributed by atoms with E-state index >= 15 is 0 Å². The molecule has 0 aromatic carbocycles. The average molecular weight is 278 g/mol. The molecule has 20 heavy (non-hydrogen) atoms. The maximum absolute atomic E-state index is 5.94. The lowest BCUT2D eigenvalue weighted by Crippen LogP contribution is -2.44. The quantitative estimate of drug-likeness (QED) is 0.901. The van der Waals surface area contributed by atoms with E-state index in [0.29, 0.717) is 5.41 Å². The van der Waals surface area contributed by atoms with Crippen LogP contribution in [-0.4, -0.2) is 54.0 Å². The van der Waals surface area contributed by atoms with Crippen LogP contribution >= 0.6 is 0 Å². The van der Waals surface area contributed by atoms with E-state index in [4.69, 9.17) is 4.74 Å². The molecule has 2 saturated heterocycles. The smallest absolute Gasteiger partial charge is 0.0982 e. The zero-order chi connectivity index (χ0) is 14.0. The summed E-state index contributed by atoms with van der Waals surface area (Å²) in [5.41, 5.74) is 1.64. The van der Waals surface area contributed by atoms with Crippen LogP contribution in [0.3, 0.4) is 0 Å². The third-order valence-corrected chi connectivity index (χ3v) is 4.56. The van der Waals surface area contributed by atoms with Gasteiger partial charge in [-0.1, -0.05) is 6.92 Å². The Labute approximate surface area is 121 Å². The standard InChI is InChI=1S/C15H26N4O/c1-3-19-9-13(8-17-19)14-10-18(6-7-20-14)12-15(2)4-5-16-11-15/h8-9,14,16H,3-7,10-12H2,1-2H3. The van der Waals surface area contributed by atoms with Crippen molar-refractivity contribution in [2.75, 3.05) is 39.3 Å². The Kier molecular flexibility index (Phi) is 4.10. The molecule has 1 N–H and O–H groups in total. The lowest BCUT2D eigenvalue weighted by atomic mass is 9.89. The van der Waals surface area contributed by atoms with Crippen LogP contribution in [-0.2, 0) is 11.3 Å². The lowest BCUT2D eigenvalue weighted by Gasteiger charge is -2.37. The fourth-order valence-electron chi connectivity index (χ4n) is 3.31. The van der Waals surface area contributed by atoms with Crippen LogP contribution in [0.1, 0.15) is 31.9 Å². The number of aromatic nitrogens is 2. The maximum Gasteiger partial charge on any atom is 0.0982 e. The van der Waals surface area contributed by atoms with Gasteiger partial charge in [0.25, 0.3) is 0 Å². The number of hydrogen-bond acceptors (Lipinski definition) is 4. The van der Waals surface area contributed by atoms with Crippen LogP contribution in [0, 0.1) is 5.41 Å². The highest BCUT2D eigenvalue weighted by Gasteiger charge is 2.33. The van der Waals surface area contributed by atoms with Crippen molar-refractivity contribution in [3.05, 3.63) is 18.0 Å². The summed E-state index contributed by atoms with van der Waals surface area (Å²) in [6.07, 6.45) is 5.54. The molecule has 3 heterocycles. The summed E-state index contributed by atoms with van der Waals surface area (Å²) in [7, 11) is 0. The molecule has 1 aromatic heterocycles. The highest BCUT2D eigenvalue weighted by atomic mass is 16.5. The Morgan fingerprint density at radius 3 is 3.15 bits per heavy atom. The Hall–Kier alpha value is -0.910. The molecule has 2 aliphatic heterocycles. The van der Waals surface area contributed by atoms with Crippen LogP contribution in [0.25, 0.3) is 0 Å². The second-order valence-electron chi connectivity index (χ2n) is 6.46. The molecule has 0 saturated carbocycles. The molecule has 0 bridgehead atoms. The molecular formula is C15H26N4O. The minimum absolute atomic E-state index is 0.182. The zero-order valence-corrected chi connectivity index (χ0v) is 12.6. The van der Waals surface area contributed by atoms with Gasteiger partial charge >= 0.3 is 0 Å². The van der Waals surface area contributed by atoms with Crippen molar-refractivity contribution in [1.29, 1.82) is 0 Å². The molecule has 112 valence electrons. The summed E-state index contributed by atoms with van der Waals surface area (Å²) in [4.78, 5) is 2.56. The van der Waals surface area contributed by atoms with E-state index in [-0.39, 0.29) is 6.10 Å². The molecule has 5 nitrogen and oxygen atoms in total. The van der Waals surface area contributed by atoms with E-state index in [1.165, 1.54) is 18.5 Å². The SMILES string of the molecule is CCn1cc(C2CN(CC3(C)CCNC3)CCO2)cn1. The number of rotatable bonds is 4. The van der Waals surface area contributed by atoms with Gasteiger partial charge in [-0.15, -0.1) is 0 Å². The van der Waals surface area contributed by atoms with Gasteiger partial charge in [-0.2, -0.15) is 5.10 Å². The summed E-state index contributed by atoms with van der Waals surface area (Å²) in [6.45, 7) is 11.8. The van der Waals surface area contributed by atoms with Crippen LogP contribution in [0.5, 0.6) is 0 Å². The van der Waals surface area contributed by atoms with Crippen LogP contribution < -0.4 is 5.32 Å². The van der Waals surface area contributed by atoms with Gasteiger partial charge in [0.1, 0.15) is 0 Å². The number of morpholine rings is 1. The Bertz CT molecular complexity index is 439. The first-order valence-electron chi connectivity index (χ1n) is 7.75. The van der Waals surface area contributed by atoms with Crippen molar-refractivity contribution >= 4 is 0 Å². The third kappa shape index (κ3) is 3.05. The van der Waals surface area contributed by atoms with Crippen molar-refractivity contribution in [2.24, 2.45) is 5.41 Å². The fraction of sp³-hybridized carbons (Fsp3) is 0.800. The van der Waals surface area contributed by atoms with Gasteiger partial charge in [0.15, 0.2) is 0 Å². The van der Waals surface area contributed by atoms with Gasteiger partial charge in [-0.05, 0) is 25.3 Å². The van der Waals surface area contributed by atoms with Gasteiger partial charge < -0.3 is 10.1 Å². The minimum Gasteiger partial charge on any atom is -0.371 e. The summed E-state index contributed by atoms with van der Waals surface area (Å²) in [5, 5.41) is 7.84. The summed E-state index contributed by atoms with van der Waals surface area (Å²) in [6, 6.07) is 0. The molecule has 0 aliphatic carbocycles. The maximum atomic E-state index is 5.94. The average Bonchev–Trinajstić information content (AvgIpc) is 3.08. The molecule has 2 fully saturated rings. The first-order chi connectivity index (χ1) is 9.68. The highest BCUT2D eigenvalue weighted by Crippen LogP contribution is 2.29. The van der Waals surface area contributed by atoms with Crippen molar-refractivity contribution < 1.29 is 4.74 Å². The number of nitrogens with zero attached hydrogens (tertiary/aromatic N) is 3. The van der Waals surface area contributed by atoms with Gasteiger partial charge in [-0.3, -0.25) is 9.58 Å². The number of ether oxygens (including phenoxy) is 1. The zero-order valence-electron chi connectivity index (χ0n) is 12.6. The number of hydrogen-bond donors (Lipinski definition) is 1. The summed E-state index contributed by atoms with van der Waals surface area (Å²) < 4.78 is 7.91. The molecule has 5 heteroatoms. The molecule has 0 radical (unpaired) electrons. The van der Waals surface area contributed by atoms with Crippen LogP contribution in [0.2, 0.25) is 0 Å². The van der Waals surface area contributed by atoms with Crippen molar-refractivity contribution in [2.45, 2.75) is 32.9 Å². The second kappa shape index (κ2) is 5.84. The first-order valence-corrected chi connectivity index (χ1v) is 7.75. The molecule has 2 unspecified atom stereocenters. The molecular weight excluding hydrogens is 252 g/mol. The molecule has 3 rings (SSSR count). The monoisotopic (exact) mass is 278 g/mol. The van der Waals surface area contributed by atoms with Crippen molar-refractivity contribution in [3.63, 3.8) is 0 Å². The van der Waals surface area contributed by atoms with E-state index in [2.05, 4.69) is 35.4 Å². The van der Waals surface area contributed by atoms with Gasteiger partial charge in [0.05, 0.1) is 18.9 Å². The predicted molar refractivity (Wildman–Crippen MR) is 78.6 cm³/mol. The topological polar surface area (TPSA) is 42.3 Å². The largest absolute Gasteiger partial charge is 0.371 e. The van der Waals surface area contributed by atoms with Gasteiger partial charge in [-0.25, -0.2) is 0 Å². The van der Waals surface area contributed by atoms with E-state index in [1.54, 1.807) is 0 Å². The van der Waals surface area contributed by atoms with Crippen LogP contribution in [0.4, 0.5) is 0 Å². The van der Waals surface area contributed by atoms with Crippen LogP contribution in [0.15, 0.2) is 12.4 Å². The number of nitrogens with one attached hydrogen (secondary N) is 1. The third-order valence-electron chi connectivity index (χ3n) is 4.56. The molecule has 1 aromatic rings. The van der Waals surface area contributed by atoms with E-state index < -0.39 is 0 Å². The van der Waals surface area contributed by atoms with Gasteiger partial charge in [0.2, 0.25) is 0 Å². The minimum atomic E-state index is 0.182. The normalized spacial score (nSPS) is 31.8. The Morgan fingerprint density at radius 2 is 2.45 bits per heavy atom. The summed E-state index contributed by atoms with van der Waals surface area (Å²) >= 11 is 0. The van der Waals surface area contributed by atoms with Gasteiger partial charge in [0, 0.05) is 44.5 Å².